The number of amidine groups is 1. The van der Waals surface area contributed by atoms with E-state index in [9.17, 15) is 5.11 Å². The number of likely N-dealkylation sites (N-methyl/N-ethyl adjacent to an activating group) is 1. The minimum absolute atomic E-state index is 0.434. The maximum atomic E-state index is 10.8. The van der Waals surface area contributed by atoms with E-state index in [0.717, 1.165) is 0 Å². The van der Waals surface area contributed by atoms with Crippen molar-refractivity contribution in [3.63, 3.8) is 0 Å². The summed E-state index contributed by atoms with van der Waals surface area (Å²) in [6.45, 7) is 2.25. The van der Waals surface area contributed by atoms with Crippen molar-refractivity contribution in [1.82, 2.24) is 4.90 Å². The molecule has 1 heterocycles. The number of ether oxygens (including phenoxy) is 1. The van der Waals surface area contributed by atoms with E-state index in [1.165, 1.54) is 4.90 Å². The van der Waals surface area contributed by atoms with Crippen molar-refractivity contribution in [1.29, 1.82) is 0 Å². The zero-order valence-corrected chi connectivity index (χ0v) is 6.52. The molecule has 5 heteroatoms. The van der Waals surface area contributed by atoms with E-state index >= 15 is 0 Å². The van der Waals surface area contributed by atoms with Crippen LogP contribution in [0.2, 0.25) is 0 Å². The molecule has 0 aliphatic carbocycles. The van der Waals surface area contributed by atoms with Crippen LogP contribution >= 0.6 is 0 Å². The molecular weight excluding hydrogens is 148 g/mol. The van der Waals surface area contributed by atoms with E-state index in [1.54, 1.807) is 14.0 Å². The third-order valence-corrected chi connectivity index (χ3v) is 1.52. The van der Waals surface area contributed by atoms with Crippen molar-refractivity contribution in [2.24, 2.45) is 4.99 Å². The normalized spacial score (nSPS) is 30.8. The van der Waals surface area contributed by atoms with Gasteiger partial charge < -0.3 is 19.8 Å². The highest BCUT2D eigenvalue weighted by molar-refractivity contribution is 5.71. The van der Waals surface area contributed by atoms with Crippen molar-refractivity contribution in [2.75, 3.05) is 13.7 Å². The van der Waals surface area contributed by atoms with Crippen LogP contribution in [0, 0.1) is 0 Å². The highest BCUT2D eigenvalue weighted by Crippen LogP contribution is 2.12. The van der Waals surface area contributed by atoms with Gasteiger partial charge in [-0.3, -0.25) is 0 Å². The third-order valence-electron chi connectivity index (χ3n) is 1.52. The van der Waals surface area contributed by atoms with Gasteiger partial charge in [0, 0.05) is 13.7 Å². The van der Waals surface area contributed by atoms with Crippen molar-refractivity contribution in [2.45, 2.75) is 19.4 Å². The maximum absolute atomic E-state index is 10.8. The van der Waals surface area contributed by atoms with Crippen molar-refractivity contribution < 1.29 is 14.9 Å². The van der Waals surface area contributed by atoms with Crippen LogP contribution in [-0.4, -0.2) is 42.1 Å². The molecule has 1 rings (SSSR count). The Morgan fingerprint density at radius 3 is 2.82 bits per heavy atom. The largest absolute Gasteiger partial charge is 0.846 e. The summed E-state index contributed by atoms with van der Waals surface area (Å²) in [5.41, 5.74) is 0. The molecule has 2 unspecified atom stereocenters. The van der Waals surface area contributed by atoms with E-state index in [4.69, 9.17) is 9.84 Å². The second-order valence-corrected chi connectivity index (χ2v) is 2.28. The van der Waals surface area contributed by atoms with Gasteiger partial charge in [0.25, 0.3) is 0 Å². The molecule has 0 saturated heterocycles. The zero-order valence-electron chi connectivity index (χ0n) is 6.52. The molecule has 2 atom stereocenters. The topological polar surface area (TPSA) is 68.1 Å². The zero-order chi connectivity index (χ0) is 8.43. The smallest absolute Gasteiger partial charge is 0.191 e. The molecule has 0 radical (unpaired) electrons. The van der Waals surface area contributed by atoms with E-state index in [2.05, 4.69) is 4.99 Å². The lowest BCUT2D eigenvalue weighted by Crippen LogP contribution is -2.42. The van der Waals surface area contributed by atoms with Crippen LogP contribution < -0.4 is 5.11 Å². The molecule has 64 valence electrons. The molecule has 0 amide bonds. The number of nitrogens with zero attached hydrogens (tertiary/aromatic N) is 2. The molecule has 0 fully saturated rings. The third kappa shape index (κ3) is 1.44. The highest BCUT2D eigenvalue weighted by Gasteiger charge is 2.28. The standard InChI is InChI=1S/C6H12N2O3/c1-3-11-5-4(9)7-6(10)8(5)2/h4-5,9H,3H2,1-2H3,(H,7,10)/p-1. The lowest BCUT2D eigenvalue weighted by molar-refractivity contribution is -0.237. The Balaban J connectivity index is 2.57. The summed E-state index contributed by atoms with van der Waals surface area (Å²) in [5.74, 6) is 0. The molecular formula is C6H11N2O3-. The Labute approximate surface area is 64.9 Å². The van der Waals surface area contributed by atoms with Crippen LogP contribution in [0.15, 0.2) is 4.99 Å². The van der Waals surface area contributed by atoms with Crippen LogP contribution in [0.3, 0.4) is 0 Å². The number of aliphatic hydroxyl groups is 1. The number of hydrogen-bond acceptors (Lipinski definition) is 5. The number of hydrogen-bond donors (Lipinski definition) is 1. The van der Waals surface area contributed by atoms with Crippen molar-refractivity contribution in [3.05, 3.63) is 0 Å². The Morgan fingerprint density at radius 1 is 1.82 bits per heavy atom. The summed E-state index contributed by atoms with van der Waals surface area (Å²) in [7, 11) is 1.54. The van der Waals surface area contributed by atoms with Gasteiger partial charge in [-0.2, -0.15) is 0 Å². The molecule has 1 aliphatic rings. The first kappa shape index (κ1) is 8.29. The Bertz CT molecular complexity index is 171. The summed E-state index contributed by atoms with van der Waals surface area (Å²) in [6.07, 6.45) is -1.64. The van der Waals surface area contributed by atoms with Crippen LogP contribution in [0.25, 0.3) is 0 Å². The minimum atomic E-state index is -1.03. The molecule has 0 bridgehead atoms. The monoisotopic (exact) mass is 159 g/mol. The fourth-order valence-corrected chi connectivity index (χ4v) is 0.945. The molecule has 0 aromatic heterocycles. The SMILES string of the molecule is CCOC1C(O)N=C([O-])N1C. The second kappa shape index (κ2) is 3.06. The Hall–Kier alpha value is -0.810. The molecule has 11 heavy (non-hydrogen) atoms. The maximum Gasteiger partial charge on any atom is 0.191 e. The van der Waals surface area contributed by atoms with Gasteiger partial charge in [-0.05, 0) is 6.92 Å². The molecule has 1 aliphatic heterocycles. The quantitative estimate of drug-likeness (QED) is 0.523. The average Bonchev–Trinajstić information content (AvgIpc) is 2.17. The van der Waals surface area contributed by atoms with Gasteiger partial charge >= 0.3 is 0 Å². The van der Waals surface area contributed by atoms with Gasteiger partial charge in [0.05, 0.1) is 6.02 Å². The van der Waals surface area contributed by atoms with Gasteiger partial charge in [0.2, 0.25) is 0 Å². The number of rotatable bonds is 2. The van der Waals surface area contributed by atoms with Crippen LogP contribution in [0.5, 0.6) is 0 Å². The van der Waals surface area contributed by atoms with Crippen molar-refractivity contribution in [3.8, 4) is 0 Å². The van der Waals surface area contributed by atoms with Gasteiger partial charge in [-0.1, -0.05) is 0 Å². The Morgan fingerprint density at radius 2 is 2.45 bits per heavy atom. The molecule has 0 saturated carbocycles. The first-order valence-electron chi connectivity index (χ1n) is 3.44. The predicted molar refractivity (Wildman–Crippen MR) is 36.6 cm³/mol. The Kier molecular flexibility index (Phi) is 2.31. The van der Waals surface area contributed by atoms with Crippen LogP contribution in [0.1, 0.15) is 6.92 Å². The van der Waals surface area contributed by atoms with Crippen LogP contribution in [0.4, 0.5) is 0 Å². The van der Waals surface area contributed by atoms with E-state index in [-0.39, 0.29) is 0 Å². The number of aliphatic imine (C=N–C) groups is 1. The molecule has 5 nitrogen and oxygen atoms in total. The molecule has 0 spiro atoms. The molecule has 1 N–H and O–H groups in total. The number of aliphatic hydroxyl groups excluding tert-OH is 1. The average molecular weight is 159 g/mol. The van der Waals surface area contributed by atoms with Gasteiger partial charge in [-0.25, -0.2) is 4.99 Å². The van der Waals surface area contributed by atoms with Crippen molar-refractivity contribution >= 4 is 6.02 Å². The summed E-state index contributed by atoms with van der Waals surface area (Å²) in [5, 5.41) is 19.9. The fraction of sp³-hybridized carbons (Fsp3) is 0.833. The first-order valence-corrected chi connectivity index (χ1v) is 3.44. The molecule has 0 aromatic carbocycles. The first-order chi connectivity index (χ1) is 5.16. The van der Waals surface area contributed by atoms with Gasteiger partial charge in [0.1, 0.15) is 0 Å². The van der Waals surface area contributed by atoms with Gasteiger partial charge in [-0.15, -0.1) is 0 Å². The fourth-order valence-electron chi connectivity index (χ4n) is 0.945. The summed E-state index contributed by atoms with van der Waals surface area (Å²) < 4.78 is 5.06. The lowest BCUT2D eigenvalue weighted by Gasteiger charge is -2.26. The minimum Gasteiger partial charge on any atom is -0.846 e. The predicted octanol–water partition coefficient (Wildman–Crippen LogP) is -1.67. The lowest BCUT2D eigenvalue weighted by atomic mass is 10.5. The van der Waals surface area contributed by atoms with E-state index < -0.39 is 18.5 Å². The summed E-state index contributed by atoms with van der Waals surface area (Å²) >= 11 is 0. The van der Waals surface area contributed by atoms with Crippen LogP contribution in [-0.2, 0) is 4.74 Å². The van der Waals surface area contributed by atoms with E-state index in [1.807, 2.05) is 0 Å². The summed E-state index contributed by atoms with van der Waals surface area (Å²) in [4.78, 5) is 4.66. The highest BCUT2D eigenvalue weighted by atomic mass is 16.5. The van der Waals surface area contributed by atoms with Gasteiger partial charge in [0.15, 0.2) is 12.5 Å². The van der Waals surface area contributed by atoms with E-state index in [0.29, 0.717) is 6.61 Å². The molecule has 0 aromatic rings. The second-order valence-electron chi connectivity index (χ2n) is 2.28. The summed E-state index contributed by atoms with van der Waals surface area (Å²) in [6, 6.07) is -0.434.